The molecule has 2 unspecified atom stereocenters. The maximum atomic E-state index is 13.8. The van der Waals surface area contributed by atoms with Crippen molar-refractivity contribution in [2.75, 3.05) is 23.7 Å². The van der Waals surface area contributed by atoms with Gasteiger partial charge in [-0.2, -0.15) is 0 Å². The zero-order valence-corrected chi connectivity index (χ0v) is 25.1. The number of aromatic amines is 1. The summed E-state index contributed by atoms with van der Waals surface area (Å²) in [6.45, 7) is 11.5. The Balaban J connectivity index is 1.27. The van der Waals surface area contributed by atoms with E-state index in [2.05, 4.69) is 46.5 Å². The van der Waals surface area contributed by atoms with E-state index in [1.807, 2.05) is 12.1 Å². The molecule has 8 nitrogen and oxygen atoms in total. The number of benzene rings is 3. The van der Waals surface area contributed by atoms with Crippen LogP contribution in [-0.2, 0) is 9.53 Å². The van der Waals surface area contributed by atoms with Gasteiger partial charge in [-0.05, 0) is 76.1 Å². The third-order valence-corrected chi connectivity index (χ3v) is 7.51. The summed E-state index contributed by atoms with van der Waals surface area (Å²) in [5, 5.41) is 5.51. The van der Waals surface area contributed by atoms with Gasteiger partial charge in [-0.15, -0.1) is 0 Å². The molecule has 1 aliphatic rings. The number of H-pyrrole nitrogens is 1. The second-order valence-corrected chi connectivity index (χ2v) is 12.2. The van der Waals surface area contributed by atoms with Crippen LogP contribution in [0.5, 0.6) is 0 Å². The standard InChI is InChI=1S/C34H38FN5O3/c1-21(2)40-19-25(26(20-40)32-37-29-16-15-24(35)18-30(29)38-32)23-13-10-22(11-14-23)12-17-31(41)36-27-8-6-7-9-28(27)39-33(42)43-34(3,4)5/h6-18,21,25-26H,19-20H2,1-5H3,(H,36,41)(H,37,38)(H,39,42). The Bertz CT molecular complexity index is 1640. The molecule has 3 N–H and O–H groups in total. The van der Waals surface area contributed by atoms with E-state index in [1.54, 1.807) is 57.2 Å². The SMILES string of the molecule is CC(C)N1CC(c2ccc(C=CC(=O)Nc3ccccc3NC(=O)OC(C)(C)C)cc2)C(c2nc3cc(F)ccc3[nH]2)C1. The number of amides is 2. The number of carbonyl (C=O) groups is 2. The lowest BCUT2D eigenvalue weighted by atomic mass is 9.88. The van der Waals surface area contributed by atoms with Crippen molar-refractivity contribution < 1.29 is 18.7 Å². The summed E-state index contributed by atoms with van der Waals surface area (Å²) >= 11 is 0. The minimum Gasteiger partial charge on any atom is -0.444 e. The van der Waals surface area contributed by atoms with Crippen molar-refractivity contribution in [2.24, 2.45) is 0 Å². The van der Waals surface area contributed by atoms with Crippen LogP contribution >= 0.6 is 0 Å². The van der Waals surface area contributed by atoms with Crippen LogP contribution in [0.4, 0.5) is 20.6 Å². The molecule has 2 atom stereocenters. The number of nitrogens with zero attached hydrogens (tertiary/aromatic N) is 2. The van der Waals surface area contributed by atoms with E-state index in [1.165, 1.54) is 23.8 Å². The average Bonchev–Trinajstić information content (AvgIpc) is 3.57. The number of likely N-dealkylation sites (tertiary alicyclic amines) is 1. The summed E-state index contributed by atoms with van der Waals surface area (Å²) < 4.78 is 19.1. The molecule has 3 aromatic carbocycles. The minimum absolute atomic E-state index is 0.138. The van der Waals surface area contributed by atoms with Crippen LogP contribution in [0.25, 0.3) is 17.1 Å². The molecule has 1 fully saturated rings. The van der Waals surface area contributed by atoms with Crippen LogP contribution in [0.1, 0.15) is 63.4 Å². The first kappa shape index (κ1) is 30.0. The molecule has 43 heavy (non-hydrogen) atoms. The Morgan fingerprint density at radius 2 is 1.67 bits per heavy atom. The first-order chi connectivity index (χ1) is 20.4. The van der Waals surface area contributed by atoms with Gasteiger partial charge in [0.1, 0.15) is 17.2 Å². The number of halogens is 1. The van der Waals surface area contributed by atoms with Crippen LogP contribution < -0.4 is 10.6 Å². The van der Waals surface area contributed by atoms with E-state index >= 15 is 0 Å². The number of fused-ring (bicyclic) bond motifs is 1. The normalized spacial score (nSPS) is 17.6. The Kier molecular flexibility index (Phi) is 8.64. The van der Waals surface area contributed by atoms with Crippen LogP contribution in [-0.4, -0.2) is 51.6 Å². The maximum Gasteiger partial charge on any atom is 0.412 e. The van der Waals surface area contributed by atoms with Gasteiger partial charge in [0.2, 0.25) is 5.91 Å². The quantitative estimate of drug-likeness (QED) is 0.198. The summed E-state index contributed by atoms with van der Waals surface area (Å²) in [5.74, 6) is 0.599. The summed E-state index contributed by atoms with van der Waals surface area (Å²) in [7, 11) is 0. The number of hydrogen-bond acceptors (Lipinski definition) is 5. The highest BCUT2D eigenvalue weighted by Crippen LogP contribution is 2.40. The first-order valence-corrected chi connectivity index (χ1v) is 14.5. The highest BCUT2D eigenvalue weighted by Gasteiger charge is 2.37. The Morgan fingerprint density at radius 3 is 2.35 bits per heavy atom. The van der Waals surface area contributed by atoms with E-state index in [9.17, 15) is 14.0 Å². The van der Waals surface area contributed by atoms with Crippen molar-refractivity contribution in [2.45, 2.75) is 58.1 Å². The predicted octanol–water partition coefficient (Wildman–Crippen LogP) is 7.29. The topological polar surface area (TPSA) is 99.3 Å². The zero-order valence-electron chi connectivity index (χ0n) is 25.1. The fourth-order valence-electron chi connectivity index (χ4n) is 5.36. The molecule has 224 valence electrons. The molecule has 0 aliphatic carbocycles. The molecule has 0 radical (unpaired) electrons. The summed E-state index contributed by atoms with van der Waals surface area (Å²) in [6, 6.07) is 20.2. The average molecular weight is 584 g/mol. The first-order valence-electron chi connectivity index (χ1n) is 14.5. The number of nitrogens with one attached hydrogen (secondary N) is 3. The fraction of sp³-hybridized carbons (Fsp3) is 0.324. The molecule has 2 amide bonds. The van der Waals surface area contributed by atoms with Gasteiger partial charge in [0, 0.05) is 43.1 Å². The zero-order chi connectivity index (χ0) is 30.7. The summed E-state index contributed by atoms with van der Waals surface area (Å²) in [5.41, 5.74) is 3.81. The molecule has 5 rings (SSSR count). The number of rotatable bonds is 7. The molecule has 4 aromatic rings. The lowest BCUT2D eigenvalue weighted by Gasteiger charge is -2.20. The van der Waals surface area contributed by atoms with E-state index in [0.717, 1.165) is 30.0 Å². The van der Waals surface area contributed by atoms with Gasteiger partial charge in [0.25, 0.3) is 0 Å². The maximum absolute atomic E-state index is 13.8. The third kappa shape index (κ3) is 7.48. The lowest BCUT2D eigenvalue weighted by Crippen LogP contribution is -2.28. The lowest BCUT2D eigenvalue weighted by molar-refractivity contribution is -0.111. The van der Waals surface area contributed by atoms with Crippen LogP contribution in [0.15, 0.2) is 72.8 Å². The van der Waals surface area contributed by atoms with Gasteiger partial charge in [-0.1, -0.05) is 36.4 Å². The van der Waals surface area contributed by atoms with E-state index < -0.39 is 11.7 Å². The van der Waals surface area contributed by atoms with Gasteiger partial charge in [-0.3, -0.25) is 15.0 Å². The molecule has 0 spiro atoms. The molecule has 0 saturated carbocycles. The molecule has 1 aromatic heterocycles. The molecule has 1 aliphatic heterocycles. The Morgan fingerprint density at radius 1 is 1.00 bits per heavy atom. The van der Waals surface area contributed by atoms with Crippen LogP contribution in [0.3, 0.4) is 0 Å². The minimum atomic E-state index is -0.638. The van der Waals surface area contributed by atoms with Gasteiger partial charge in [0.15, 0.2) is 0 Å². The van der Waals surface area contributed by atoms with E-state index in [0.29, 0.717) is 22.9 Å². The number of aromatic nitrogens is 2. The van der Waals surface area contributed by atoms with Gasteiger partial charge in [0.05, 0.1) is 22.4 Å². The summed E-state index contributed by atoms with van der Waals surface area (Å²) in [6.07, 6.45) is 2.62. The Hall–Kier alpha value is -4.50. The molecule has 2 heterocycles. The molecule has 9 heteroatoms. The van der Waals surface area contributed by atoms with Gasteiger partial charge >= 0.3 is 6.09 Å². The smallest absolute Gasteiger partial charge is 0.412 e. The number of ether oxygens (including phenoxy) is 1. The number of para-hydroxylation sites is 2. The van der Waals surface area contributed by atoms with Crippen molar-refractivity contribution in [1.29, 1.82) is 0 Å². The number of carbonyl (C=O) groups excluding carboxylic acids is 2. The highest BCUT2D eigenvalue weighted by molar-refractivity contribution is 6.05. The molecule has 0 bridgehead atoms. The van der Waals surface area contributed by atoms with Gasteiger partial charge < -0.3 is 15.0 Å². The van der Waals surface area contributed by atoms with E-state index in [4.69, 9.17) is 9.72 Å². The summed E-state index contributed by atoms with van der Waals surface area (Å²) in [4.78, 5) is 35.6. The predicted molar refractivity (Wildman–Crippen MR) is 169 cm³/mol. The number of anilines is 2. The van der Waals surface area contributed by atoms with Crippen LogP contribution in [0, 0.1) is 5.82 Å². The second-order valence-electron chi connectivity index (χ2n) is 12.2. The number of hydrogen-bond donors (Lipinski definition) is 3. The monoisotopic (exact) mass is 583 g/mol. The van der Waals surface area contributed by atoms with Crippen molar-refractivity contribution in [3.63, 3.8) is 0 Å². The Labute approximate surface area is 251 Å². The molecular formula is C34H38FN5O3. The molecule has 1 saturated heterocycles. The fourth-order valence-corrected chi connectivity index (χ4v) is 5.36. The largest absolute Gasteiger partial charge is 0.444 e. The third-order valence-electron chi connectivity index (χ3n) is 7.51. The van der Waals surface area contributed by atoms with Crippen molar-refractivity contribution in [1.82, 2.24) is 14.9 Å². The number of imidazole rings is 1. The molecular weight excluding hydrogens is 545 g/mol. The van der Waals surface area contributed by atoms with Crippen molar-refractivity contribution in [3.05, 3.63) is 95.6 Å². The van der Waals surface area contributed by atoms with Gasteiger partial charge in [-0.25, -0.2) is 14.2 Å². The highest BCUT2D eigenvalue weighted by atomic mass is 19.1. The van der Waals surface area contributed by atoms with Crippen LogP contribution in [0.2, 0.25) is 0 Å². The van der Waals surface area contributed by atoms with E-state index in [-0.39, 0.29) is 23.6 Å². The van der Waals surface area contributed by atoms with Crippen molar-refractivity contribution >= 4 is 40.5 Å². The van der Waals surface area contributed by atoms with Crippen molar-refractivity contribution in [3.8, 4) is 0 Å². The second kappa shape index (κ2) is 12.4.